The minimum absolute atomic E-state index is 0.0896. The standard InChI is InChI=1S/C14H21FN2O3S/c1-14(2,3)13(18)16-9-10-17(21(4,19)20)12-7-5-11(15)6-8-12/h5-8H,9-10H2,1-4H3,(H,16,18). The summed E-state index contributed by atoms with van der Waals surface area (Å²) in [5.74, 6) is -0.594. The third kappa shape index (κ3) is 5.34. The Kier molecular flexibility index (Phi) is 5.33. The molecule has 5 nitrogen and oxygen atoms in total. The molecule has 0 aromatic heterocycles. The van der Waals surface area contributed by atoms with Crippen LogP contribution in [0.2, 0.25) is 0 Å². The fourth-order valence-electron chi connectivity index (χ4n) is 1.63. The van der Waals surface area contributed by atoms with Crippen LogP contribution in [0, 0.1) is 11.2 Å². The number of sulfonamides is 1. The first-order valence-electron chi connectivity index (χ1n) is 6.53. The summed E-state index contributed by atoms with van der Waals surface area (Å²) < 4.78 is 37.7. The third-order valence-electron chi connectivity index (χ3n) is 2.80. The molecular weight excluding hydrogens is 295 g/mol. The van der Waals surface area contributed by atoms with Crippen LogP contribution in [0.3, 0.4) is 0 Å². The van der Waals surface area contributed by atoms with Crippen molar-refractivity contribution in [2.75, 3.05) is 23.7 Å². The van der Waals surface area contributed by atoms with Gasteiger partial charge in [-0.15, -0.1) is 0 Å². The number of nitrogens with zero attached hydrogens (tertiary/aromatic N) is 1. The SMILES string of the molecule is CC(C)(C)C(=O)NCCN(c1ccc(F)cc1)S(C)(=O)=O. The summed E-state index contributed by atoms with van der Waals surface area (Å²) in [4.78, 5) is 11.7. The molecule has 21 heavy (non-hydrogen) atoms. The van der Waals surface area contributed by atoms with Crippen LogP contribution in [0.4, 0.5) is 10.1 Å². The second-order valence-electron chi connectivity index (χ2n) is 5.82. The molecule has 1 aromatic rings. The van der Waals surface area contributed by atoms with Crippen molar-refractivity contribution >= 4 is 21.6 Å². The lowest BCUT2D eigenvalue weighted by Gasteiger charge is -2.24. The smallest absolute Gasteiger partial charge is 0.232 e. The van der Waals surface area contributed by atoms with Gasteiger partial charge in [0.2, 0.25) is 15.9 Å². The third-order valence-corrected chi connectivity index (χ3v) is 3.99. The highest BCUT2D eigenvalue weighted by atomic mass is 32.2. The Hall–Kier alpha value is -1.63. The molecule has 0 unspecified atom stereocenters. The number of benzene rings is 1. The molecule has 1 amide bonds. The van der Waals surface area contributed by atoms with E-state index < -0.39 is 21.3 Å². The normalized spacial score (nSPS) is 12.0. The number of anilines is 1. The fourth-order valence-corrected chi connectivity index (χ4v) is 2.56. The summed E-state index contributed by atoms with van der Waals surface area (Å²) in [5, 5.41) is 2.69. The zero-order valence-corrected chi connectivity index (χ0v) is 13.5. The molecule has 0 saturated heterocycles. The van der Waals surface area contributed by atoms with Gasteiger partial charge in [-0.2, -0.15) is 0 Å². The largest absolute Gasteiger partial charge is 0.354 e. The molecule has 0 aliphatic rings. The van der Waals surface area contributed by atoms with Gasteiger partial charge < -0.3 is 5.32 Å². The van der Waals surface area contributed by atoms with E-state index in [-0.39, 0.29) is 19.0 Å². The number of carbonyl (C=O) groups is 1. The van der Waals surface area contributed by atoms with Crippen LogP contribution in [0.25, 0.3) is 0 Å². The maximum absolute atomic E-state index is 12.9. The van der Waals surface area contributed by atoms with Crippen LogP contribution in [-0.2, 0) is 14.8 Å². The fraction of sp³-hybridized carbons (Fsp3) is 0.500. The Morgan fingerprint density at radius 1 is 1.24 bits per heavy atom. The Balaban J connectivity index is 2.78. The molecule has 0 atom stereocenters. The van der Waals surface area contributed by atoms with Crippen LogP contribution < -0.4 is 9.62 Å². The van der Waals surface area contributed by atoms with Gasteiger partial charge in [-0.25, -0.2) is 12.8 Å². The van der Waals surface area contributed by atoms with Gasteiger partial charge in [-0.05, 0) is 24.3 Å². The van der Waals surface area contributed by atoms with E-state index in [1.807, 2.05) is 0 Å². The molecule has 0 aliphatic heterocycles. The highest BCUT2D eigenvalue weighted by Crippen LogP contribution is 2.17. The average Bonchev–Trinajstić information content (AvgIpc) is 2.33. The number of amides is 1. The lowest BCUT2D eigenvalue weighted by Crippen LogP contribution is -2.41. The van der Waals surface area contributed by atoms with Crippen molar-refractivity contribution in [1.82, 2.24) is 5.32 Å². The zero-order valence-electron chi connectivity index (χ0n) is 12.7. The summed E-state index contributed by atoms with van der Waals surface area (Å²) in [7, 11) is -3.50. The van der Waals surface area contributed by atoms with Crippen molar-refractivity contribution in [2.24, 2.45) is 5.41 Å². The van der Waals surface area contributed by atoms with Crippen molar-refractivity contribution < 1.29 is 17.6 Å². The van der Waals surface area contributed by atoms with Gasteiger partial charge in [0.15, 0.2) is 0 Å². The molecule has 0 aliphatic carbocycles. The summed E-state index contributed by atoms with van der Waals surface area (Å²) in [6, 6.07) is 5.17. The number of halogens is 1. The number of nitrogens with one attached hydrogen (secondary N) is 1. The van der Waals surface area contributed by atoms with Crippen LogP contribution in [0.5, 0.6) is 0 Å². The lowest BCUT2D eigenvalue weighted by atomic mass is 9.96. The summed E-state index contributed by atoms with van der Waals surface area (Å²) >= 11 is 0. The van der Waals surface area contributed by atoms with E-state index in [1.165, 1.54) is 24.3 Å². The molecule has 0 heterocycles. The molecule has 0 spiro atoms. The highest BCUT2D eigenvalue weighted by Gasteiger charge is 2.22. The van der Waals surface area contributed by atoms with Crippen molar-refractivity contribution in [2.45, 2.75) is 20.8 Å². The highest BCUT2D eigenvalue weighted by molar-refractivity contribution is 7.92. The molecule has 1 rings (SSSR count). The molecule has 1 N–H and O–H groups in total. The minimum Gasteiger partial charge on any atom is -0.354 e. The van der Waals surface area contributed by atoms with Gasteiger partial charge in [0, 0.05) is 12.0 Å². The molecule has 0 saturated carbocycles. The van der Waals surface area contributed by atoms with E-state index in [2.05, 4.69) is 5.32 Å². The van der Waals surface area contributed by atoms with Crippen molar-refractivity contribution in [1.29, 1.82) is 0 Å². The Labute approximate surface area is 125 Å². The Morgan fingerprint density at radius 3 is 2.19 bits per heavy atom. The van der Waals surface area contributed by atoms with Crippen LogP contribution in [-0.4, -0.2) is 33.7 Å². The van der Waals surface area contributed by atoms with Crippen molar-refractivity contribution in [3.8, 4) is 0 Å². The topological polar surface area (TPSA) is 66.5 Å². The lowest BCUT2D eigenvalue weighted by molar-refractivity contribution is -0.128. The molecule has 7 heteroatoms. The van der Waals surface area contributed by atoms with E-state index >= 15 is 0 Å². The first-order chi connectivity index (χ1) is 9.51. The average molecular weight is 316 g/mol. The quantitative estimate of drug-likeness (QED) is 0.900. The van der Waals surface area contributed by atoms with Crippen LogP contribution >= 0.6 is 0 Å². The van der Waals surface area contributed by atoms with Crippen molar-refractivity contribution in [3.05, 3.63) is 30.1 Å². The van der Waals surface area contributed by atoms with Crippen LogP contribution in [0.1, 0.15) is 20.8 Å². The number of rotatable bonds is 5. The van der Waals surface area contributed by atoms with Gasteiger partial charge in [0.1, 0.15) is 5.82 Å². The van der Waals surface area contributed by atoms with E-state index in [9.17, 15) is 17.6 Å². The maximum Gasteiger partial charge on any atom is 0.232 e. The van der Waals surface area contributed by atoms with Gasteiger partial charge in [0.05, 0.1) is 18.5 Å². The summed E-state index contributed by atoms with van der Waals surface area (Å²) in [5.41, 5.74) is -0.171. The number of hydrogen-bond acceptors (Lipinski definition) is 3. The number of hydrogen-bond donors (Lipinski definition) is 1. The number of carbonyl (C=O) groups excluding carboxylic acids is 1. The molecule has 118 valence electrons. The summed E-state index contributed by atoms with van der Waals surface area (Å²) in [6.45, 7) is 5.59. The van der Waals surface area contributed by atoms with E-state index in [0.29, 0.717) is 5.69 Å². The molecule has 1 aromatic carbocycles. The predicted octanol–water partition coefficient (Wildman–Crippen LogP) is 1.75. The van der Waals surface area contributed by atoms with E-state index in [4.69, 9.17) is 0 Å². The van der Waals surface area contributed by atoms with Gasteiger partial charge in [0.25, 0.3) is 0 Å². The van der Waals surface area contributed by atoms with Gasteiger partial charge >= 0.3 is 0 Å². The Morgan fingerprint density at radius 2 is 1.76 bits per heavy atom. The Bertz CT molecular complexity index is 592. The molecule has 0 bridgehead atoms. The first-order valence-corrected chi connectivity index (χ1v) is 8.38. The van der Waals surface area contributed by atoms with Gasteiger partial charge in [-0.3, -0.25) is 9.10 Å². The maximum atomic E-state index is 12.9. The predicted molar refractivity (Wildman–Crippen MR) is 81.1 cm³/mol. The monoisotopic (exact) mass is 316 g/mol. The zero-order chi connectivity index (χ0) is 16.3. The second kappa shape index (κ2) is 6.43. The molecule has 0 radical (unpaired) electrons. The van der Waals surface area contributed by atoms with Crippen LogP contribution in [0.15, 0.2) is 24.3 Å². The molecular formula is C14H21FN2O3S. The first kappa shape index (κ1) is 17.4. The minimum atomic E-state index is -3.50. The van der Waals surface area contributed by atoms with Crippen molar-refractivity contribution in [3.63, 3.8) is 0 Å². The molecule has 0 fully saturated rings. The second-order valence-corrected chi connectivity index (χ2v) is 7.72. The van der Waals surface area contributed by atoms with E-state index in [1.54, 1.807) is 20.8 Å². The van der Waals surface area contributed by atoms with E-state index in [0.717, 1.165) is 10.6 Å². The summed E-state index contributed by atoms with van der Waals surface area (Å²) in [6.07, 6.45) is 1.07. The van der Waals surface area contributed by atoms with Gasteiger partial charge in [-0.1, -0.05) is 20.8 Å².